The Kier molecular flexibility index (Phi) is 6.65. The molecular weight excluding hydrogens is 397 g/mol. The van der Waals surface area contributed by atoms with E-state index in [2.05, 4.69) is 5.32 Å². The number of carbonyl (C=O) groups is 1. The first kappa shape index (κ1) is 22.5. The van der Waals surface area contributed by atoms with Crippen molar-refractivity contribution in [2.24, 2.45) is 0 Å². The first-order chi connectivity index (χ1) is 12.8. The SMILES string of the molecule is CC(C)(C)OC(=O)NCC1CCCCN1S(=O)(=O)c1ccccc1C(F)(F)F. The number of alkyl carbamates (subject to hydrolysis) is 1. The van der Waals surface area contributed by atoms with E-state index >= 15 is 0 Å². The zero-order chi connectivity index (χ0) is 21.2. The van der Waals surface area contributed by atoms with Crippen LogP contribution in [0.1, 0.15) is 45.6 Å². The van der Waals surface area contributed by atoms with Crippen LogP contribution < -0.4 is 5.32 Å². The number of carbonyl (C=O) groups excluding carboxylic acids is 1. The van der Waals surface area contributed by atoms with Crippen molar-refractivity contribution in [1.82, 2.24) is 9.62 Å². The average molecular weight is 422 g/mol. The summed E-state index contributed by atoms with van der Waals surface area (Å²) in [7, 11) is -4.39. The first-order valence-electron chi connectivity index (χ1n) is 8.97. The number of hydrogen-bond donors (Lipinski definition) is 1. The van der Waals surface area contributed by atoms with Crippen molar-refractivity contribution in [1.29, 1.82) is 0 Å². The quantitative estimate of drug-likeness (QED) is 0.801. The van der Waals surface area contributed by atoms with Crippen molar-refractivity contribution in [2.75, 3.05) is 13.1 Å². The Morgan fingerprint density at radius 2 is 1.86 bits per heavy atom. The summed E-state index contributed by atoms with van der Waals surface area (Å²) in [6.07, 6.45) is -3.80. The third kappa shape index (κ3) is 5.60. The number of piperidine rings is 1. The molecule has 1 heterocycles. The molecule has 0 saturated carbocycles. The van der Waals surface area contributed by atoms with Crippen LogP contribution in [0.4, 0.5) is 18.0 Å². The van der Waals surface area contributed by atoms with Crippen molar-refractivity contribution in [2.45, 2.75) is 62.7 Å². The molecule has 158 valence electrons. The van der Waals surface area contributed by atoms with Gasteiger partial charge in [0, 0.05) is 19.1 Å². The standard InChI is InChI=1S/C18H25F3N2O4S/c1-17(2,3)27-16(24)22-12-13-8-6-7-11-23(13)28(25,26)15-10-5-4-9-14(15)18(19,20)21/h4-5,9-10,13H,6-8,11-12H2,1-3H3,(H,22,24). The van der Waals surface area contributed by atoms with Gasteiger partial charge in [-0.05, 0) is 45.7 Å². The second-order valence-corrected chi connectivity index (χ2v) is 9.50. The third-order valence-corrected chi connectivity index (χ3v) is 6.24. The third-order valence-electron chi connectivity index (χ3n) is 4.23. The monoisotopic (exact) mass is 422 g/mol. The smallest absolute Gasteiger partial charge is 0.417 e. The molecule has 1 unspecified atom stereocenters. The van der Waals surface area contributed by atoms with Crippen LogP contribution in [0.15, 0.2) is 29.2 Å². The van der Waals surface area contributed by atoms with Gasteiger partial charge < -0.3 is 10.1 Å². The molecule has 6 nitrogen and oxygen atoms in total. The van der Waals surface area contributed by atoms with Gasteiger partial charge >= 0.3 is 12.3 Å². The average Bonchev–Trinajstić information content (AvgIpc) is 2.58. The molecule has 0 spiro atoms. The zero-order valence-electron chi connectivity index (χ0n) is 16.0. The van der Waals surface area contributed by atoms with E-state index in [0.29, 0.717) is 19.3 Å². The number of hydrogen-bond acceptors (Lipinski definition) is 4. The molecule has 1 aromatic carbocycles. The van der Waals surface area contributed by atoms with Crippen LogP contribution in [0.25, 0.3) is 0 Å². The summed E-state index contributed by atoms with van der Waals surface area (Å²) in [6.45, 7) is 5.13. The second-order valence-electron chi connectivity index (χ2n) is 7.64. The minimum atomic E-state index is -4.79. The number of amides is 1. The van der Waals surface area contributed by atoms with Crippen LogP contribution in [0.5, 0.6) is 0 Å². The molecule has 28 heavy (non-hydrogen) atoms. The maximum absolute atomic E-state index is 13.3. The molecule has 2 rings (SSSR count). The molecule has 1 saturated heterocycles. The van der Waals surface area contributed by atoms with E-state index in [1.165, 1.54) is 6.07 Å². The number of nitrogens with zero attached hydrogens (tertiary/aromatic N) is 1. The van der Waals surface area contributed by atoms with E-state index in [1.54, 1.807) is 20.8 Å². The van der Waals surface area contributed by atoms with Gasteiger partial charge in [-0.3, -0.25) is 0 Å². The highest BCUT2D eigenvalue weighted by atomic mass is 32.2. The summed E-state index contributed by atoms with van der Waals surface area (Å²) in [6, 6.07) is 3.49. The maximum Gasteiger partial charge on any atom is 0.417 e. The predicted molar refractivity (Wildman–Crippen MR) is 97.2 cm³/mol. The summed E-state index contributed by atoms with van der Waals surface area (Å²) in [5.74, 6) is 0. The van der Waals surface area contributed by atoms with Crippen molar-refractivity contribution < 1.29 is 31.1 Å². The molecule has 1 aliphatic heterocycles. The van der Waals surface area contributed by atoms with Gasteiger partial charge in [0.1, 0.15) is 5.60 Å². The number of nitrogens with one attached hydrogen (secondary N) is 1. The fraction of sp³-hybridized carbons (Fsp3) is 0.611. The van der Waals surface area contributed by atoms with Crippen LogP contribution in [0.2, 0.25) is 0 Å². The van der Waals surface area contributed by atoms with Crippen LogP contribution in [-0.4, -0.2) is 43.5 Å². The highest BCUT2D eigenvalue weighted by Gasteiger charge is 2.41. The van der Waals surface area contributed by atoms with Gasteiger partial charge in [-0.2, -0.15) is 17.5 Å². The zero-order valence-corrected chi connectivity index (χ0v) is 16.9. The fourth-order valence-corrected chi connectivity index (χ4v) is 4.97. The molecule has 1 aromatic rings. The van der Waals surface area contributed by atoms with Gasteiger partial charge in [0.2, 0.25) is 10.0 Å². The minimum Gasteiger partial charge on any atom is -0.444 e. The lowest BCUT2D eigenvalue weighted by Crippen LogP contribution is -2.50. The van der Waals surface area contributed by atoms with Crippen molar-refractivity contribution in [3.8, 4) is 0 Å². The Labute approximate surface area is 163 Å². The lowest BCUT2D eigenvalue weighted by atomic mass is 10.1. The van der Waals surface area contributed by atoms with E-state index in [4.69, 9.17) is 4.74 Å². The molecule has 1 aliphatic rings. The number of alkyl halides is 3. The molecule has 1 N–H and O–H groups in total. The summed E-state index contributed by atoms with van der Waals surface area (Å²) in [5, 5.41) is 2.52. The lowest BCUT2D eigenvalue weighted by molar-refractivity contribution is -0.139. The highest BCUT2D eigenvalue weighted by molar-refractivity contribution is 7.89. The Bertz CT molecular complexity index is 804. The normalized spacial score (nSPS) is 19.3. The fourth-order valence-electron chi connectivity index (χ4n) is 3.06. The molecule has 1 fully saturated rings. The van der Waals surface area contributed by atoms with E-state index in [9.17, 15) is 26.4 Å². The molecule has 10 heteroatoms. The minimum absolute atomic E-state index is 0.0394. The Morgan fingerprint density at radius 3 is 2.46 bits per heavy atom. The van der Waals surface area contributed by atoms with E-state index < -0.39 is 44.4 Å². The van der Waals surface area contributed by atoms with Gasteiger partial charge in [-0.15, -0.1) is 0 Å². The molecule has 1 amide bonds. The van der Waals surface area contributed by atoms with E-state index in [0.717, 1.165) is 22.5 Å². The Morgan fingerprint density at radius 1 is 1.21 bits per heavy atom. The summed E-state index contributed by atoms with van der Waals surface area (Å²) in [4.78, 5) is 11.1. The van der Waals surface area contributed by atoms with Crippen LogP contribution in [0.3, 0.4) is 0 Å². The van der Waals surface area contributed by atoms with Crippen LogP contribution >= 0.6 is 0 Å². The molecule has 0 bridgehead atoms. The lowest BCUT2D eigenvalue weighted by Gasteiger charge is -2.35. The van der Waals surface area contributed by atoms with Gasteiger partial charge in [0.25, 0.3) is 0 Å². The summed E-state index contributed by atoms with van der Waals surface area (Å²) < 4.78 is 72.1. The topological polar surface area (TPSA) is 75.7 Å². The van der Waals surface area contributed by atoms with Gasteiger partial charge in [0.15, 0.2) is 0 Å². The van der Waals surface area contributed by atoms with Crippen molar-refractivity contribution in [3.63, 3.8) is 0 Å². The van der Waals surface area contributed by atoms with E-state index in [1.807, 2.05) is 0 Å². The van der Waals surface area contributed by atoms with Crippen LogP contribution in [-0.2, 0) is 20.9 Å². The Balaban J connectivity index is 2.25. The molecule has 0 aliphatic carbocycles. The molecule has 0 aromatic heterocycles. The summed E-state index contributed by atoms with van der Waals surface area (Å²) >= 11 is 0. The number of ether oxygens (including phenoxy) is 1. The number of rotatable bonds is 4. The number of sulfonamides is 1. The largest absolute Gasteiger partial charge is 0.444 e. The Hall–Kier alpha value is -1.81. The second kappa shape index (κ2) is 8.28. The van der Waals surface area contributed by atoms with Gasteiger partial charge in [-0.1, -0.05) is 18.6 Å². The highest BCUT2D eigenvalue weighted by Crippen LogP contribution is 2.36. The molecular formula is C18H25F3N2O4S. The van der Waals surface area contributed by atoms with Gasteiger partial charge in [0.05, 0.1) is 10.5 Å². The van der Waals surface area contributed by atoms with Gasteiger partial charge in [-0.25, -0.2) is 13.2 Å². The number of halogens is 3. The summed E-state index contributed by atoms with van der Waals surface area (Å²) in [5.41, 5.74) is -1.91. The van der Waals surface area contributed by atoms with E-state index in [-0.39, 0.29) is 13.1 Å². The van der Waals surface area contributed by atoms with Crippen LogP contribution in [0, 0.1) is 0 Å². The van der Waals surface area contributed by atoms with Crippen molar-refractivity contribution in [3.05, 3.63) is 29.8 Å². The predicted octanol–water partition coefficient (Wildman–Crippen LogP) is 3.77. The van der Waals surface area contributed by atoms with Crippen molar-refractivity contribution >= 4 is 16.1 Å². The first-order valence-corrected chi connectivity index (χ1v) is 10.4. The molecule has 0 radical (unpaired) electrons. The molecule has 1 atom stereocenters. The maximum atomic E-state index is 13.3. The number of benzene rings is 1.